The molecule has 0 amide bonds. The van der Waals surface area contributed by atoms with Gasteiger partial charge in [0.25, 0.3) is 0 Å². The lowest BCUT2D eigenvalue weighted by Crippen LogP contribution is -2.30. The summed E-state index contributed by atoms with van der Waals surface area (Å²) in [5, 5.41) is 3.03. The number of halogens is 2. The Hall–Kier alpha value is -2.51. The van der Waals surface area contributed by atoms with Crippen molar-refractivity contribution in [3.05, 3.63) is 47.3 Å². The number of anilines is 1. The minimum atomic E-state index is -0.870. The first-order valence-electron chi connectivity index (χ1n) is 9.15. The Morgan fingerprint density at radius 1 is 1.28 bits per heavy atom. The molecule has 0 spiro atoms. The number of ether oxygens (including phenoxy) is 1. The average molecular weight is 435 g/mol. The highest BCUT2D eigenvalue weighted by Gasteiger charge is 2.37. The summed E-state index contributed by atoms with van der Waals surface area (Å²) in [6.07, 6.45) is 5.14. The Kier molecular flexibility index (Phi) is 6.82. The zero-order valence-corrected chi connectivity index (χ0v) is 17.5. The number of amidine groups is 1. The monoisotopic (exact) mass is 434 g/mol. The van der Waals surface area contributed by atoms with E-state index in [9.17, 15) is 9.59 Å². The number of rotatable bonds is 8. The molecule has 7 nitrogen and oxygen atoms in total. The smallest absolute Gasteiger partial charge is 0.307 e. The van der Waals surface area contributed by atoms with E-state index >= 15 is 0 Å². The largest absolute Gasteiger partial charge is 0.466 e. The molecule has 0 aromatic carbocycles. The Morgan fingerprint density at radius 2 is 2.07 bits per heavy atom. The lowest BCUT2D eigenvalue weighted by molar-refractivity contribution is -0.142. The first-order valence-corrected chi connectivity index (χ1v) is 10.0. The van der Waals surface area contributed by atoms with Gasteiger partial charge in [0.2, 0.25) is 0 Å². The van der Waals surface area contributed by atoms with E-state index in [1.165, 1.54) is 0 Å². The molecular formula is C20H20Cl2N4O3. The number of fused-ring (bicyclic) bond motifs is 1. The fourth-order valence-electron chi connectivity index (χ4n) is 3.13. The number of aliphatic imine (C=N–C) groups is 2. The Labute approximate surface area is 178 Å². The van der Waals surface area contributed by atoms with Crippen LogP contribution < -0.4 is 5.32 Å². The molecule has 1 atom stereocenters. The highest BCUT2D eigenvalue weighted by molar-refractivity contribution is 6.47. The molecule has 0 saturated carbocycles. The van der Waals surface area contributed by atoms with Crippen LogP contribution in [0.15, 0.2) is 51.7 Å². The van der Waals surface area contributed by atoms with Gasteiger partial charge in [-0.3, -0.25) is 9.59 Å². The SMILES string of the molecule is CCOC(=O)CCNc1ncccc1C(=O)C1=CC=C2N=C(C)N=C2C1C(Cl)Cl. The molecule has 0 radical (unpaired) electrons. The van der Waals surface area contributed by atoms with Crippen LogP contribution in [0.3, 0.4) is 0 Å². The summed E-state index contributed by atoms with van der Waals surface area (Å²) in [5.41, 5.74) is 2.02. The number of pyridine rings is 1. The lowest BCUT2D eigenvalue weighted by Gasteiger charge is -2.24. The third-order valence-corrected chi connectivity index (χ3v) is 4.87. The number of nitrogens with zero attached hydrogens (tertiary/aromatic N) is 3. The second-order valence-electron chi connectivity index (χ2n) is 6.35. The summed E-state index contributed by atoms with van der Waals surface area (Å²) in [6.45, 7) is 4.13. The van der Waals surface area contributed by atoms with E-state index in [-0.39, 0.29) is 24.7 Å². The van der Waals surface area contributed by atoms with Gasteiger partial charge in [-0.25, -0.2) is 15.0 Å². The molecule has 1 aromatic rings. The van der Waals surface area contributed by atoms with Gasteiger partial charge in [-0.2, -0.15) is 0 Å². The van der Waals surface area contributed by atoms with Crippen molar-refractivity contribution < 1.29 is 14.3 Å². The molecule has 3 rings (SSSR count). The van der Waals surface area contributed by atoms with Crippen LogP contribution in [0.5, 0.6) is 0 Å². The van der Waals surface area contributed by atoms with Gasteiger partial charge >= 0.3 is 5.97 Å². The third-order valence-electron chi connectivity index (χ3n) is 4.37. The summed E-state index contributed by atoms with van der Waals surface area (Å²) in [4.78, 5) is 37.0. The number of carbonyl (C=O) groups excluding carboxylic acids is 2. The Morgan fingerprint density at radius 3 is 2.79 bits per heavy atom. The van der Waals surface area contributed by atoms with Crippen LogP contribution in [-0.4, -0.2) is 46.3 Å². The molecular weight excluding hydrogens is 415 g/mol. The van der Waals surface area contributed by atoms with E-state index in [1.807, 2.05) is 0 Å². The molecule has 2 aliphatic rings. The maximum atomic E-state index is 13.3. The number of allylic oxidation sites excluding steroid dienone is 4. The van der Waals surface area contributed by atoms with Crippen molar-refractivity contribution in [1.29, 1.82) is 0 Å². The quantitative estimate of drug-likeness (QED) is 0.382. The second kappa shape index (κ2) is 9.33. The number of alkyl halides is 2. The standard InChI is InChI=1S/C20H20Cl2N4O3/c1-3-29-15(27)8-10-24-20-13(5-4-9-23-20)18(28)12-6-7-14-17(16(12)19(21)22)26-11(2)25-14/h4-7,9,16,19H,3,8,10H2,1-2H3,(H,23,24). The molecule has 1 aromatic heterocycles. The molecule has 152 valence electrons. The van der Waals surface area contributed by atoms with Crippen molar-refractivity contribution in [3.63, 3.8) is 0 Å². The normalized spacial score (nSPS) is 17.8. The molecule has 1 aliphatic heterocycles. The van der Waals surface area contributed by atoms with Gasteiger partial charge in [-0.1, -0.05) is 6.08 Å². The predicted molar refractivity (Wildman–Crippen MR) is 114 cm³/mol. The van der Waals surface area contributed by atoms with E-state index in [0.29, 0.717) is 40.8 Å². The minimum absolute atomic E-state index is 0.161. The predicted octanol–water partition coefficient (Wildman–Crippen LogP) is 3.75. The van der Waals surface area contributed by atoms with Gasteiger partial charge in [-0.15, -0.1) is 23.2 Å². The van der Waals surface area contributed by atoms with E-state index in [2.05, 4.69) is 20.3 Å². The number of Topliss-reactive ketones (excluding diaryl/α,β-unsaturated/α-hetero) is 1. The van der Waals surface area contributed by atoms with Gasteiger partial charge in [0, 0.05) is 18.3 Å². The summed E-state index contributed by atoms with van der Waals surface area (Å²) in [7, 11) is 0. The van der Waals surface area contributed by atoms with Gasteiger partial charge in [-0.05, 0) is 32.1 Å². The van der Waals surface area contributed by atoms with Crippen molar-refractivity contribution in [2.75, 3.05) is 18.5 Å². The van der Waals surface area contributed by atoms with Crippen molar-refractivity contribution >= 4 is 52.3 Å². The molecule has 1 N–H and O–H groups in total. The van der Waals surface area contributed by atoms with Crippen LogP contribution in [0.2, 0.25) is 0 Å². The number of aromatic nitrogens is 1. The van der Waals surface area contributed by atoms with Gasteiger partial charge in [0.15, 0.2) is 5.78 Å². The van der Waals surface area contributed by atoms with Crippen LogP contribution in [0.25, 0.3) is 0 Å². The Balaban J connectivity index is 1.83. The van der Waals surface area contributed by atoms with E-state index < -0.39 is 10.8 Å². The fourth-order valence-corrected chi connectivity index (χ4v) is 3.64. The first-order chi connectivity index (χ1) is 13.9. The summed E-state index contributed by atoms with van der Waals surface area (Å²) in [5.74, 6) is -0.221. The molecule has 2 heterocycles. The summed E-state index contributed by atoms with van der Waals surface area (Å²) >= 11 is 12.4. The van der Waals surface area contributed by atoms with Gasteiger partial charge < -0.3 is 10.1 Å². The van der Waals surface area contributed by atoms with Crippen LogP contribution in [0.4, 0.5) is 5.82 Å². The number of hydrogen-bond donors (Lipinski definition) is 1. The topological polar surface area (TPSA) is 93.0 Å². The van der Waals surface area contributed by atoms with Crippen molar-refractivity contribution in [2.24, 2.45) is 15.9 Å². The summed E-state index contributed by atoms with van der Waals surface area (Å²) in [6, 6.07) is 3.33. The summed E-state index contributed by atoms with van der Waals surface area (Å²) < 4.78 is 4.91. The Bertz CT molecular complexity index is 951. The highest BCUT2D eigenvalue weighted by Crippen LogP contribution is 2.36. The van der Waals surface area contributed by atoms with Crippen LogP contribution in [0.1, 0.15) is 30.6 Å². The van der Waals surface area contributed by atoms with Crippen LogP contribution in [0, 0.1) is 5.92 Å². The number of hydrogen-bond acceptors (Lipinski definition) is 7. The van der Waals surface area contributed by atoms with Crippen LogP contribution in [-0.2, 0) is 9.53 Å². The van der Waals surface area contributed by atoms with E-state index in [0.717, 1.165) is 0 Å². The molecule has 1 aliphatic carbocycles. The zero-order valence-electron chi connectivity index (χ0n) is 16.0. The molecule has 1 unspecified atom stereocenters. The zero-order chi connectivity index (χ0) is 21.0. The third kappa shape index (κ3) is 4.74. The number of ketones is 1. The molecule has 29 heavy (non-hydrogen) atoms. The maximum absolute atomic E-state index is 13.3. The second-order valence-corrected chi connectivity index (χ2v) is 7.52. The van der Waals surface area contributed by atoms with Crippen LogP contribution >= 0.6 is 23.2 Å². The van der Waals surface area contributed by atoms with Crippen molar-refractivity contribution in [3.8, 4) is 0 Å². The van der Waals surface area contributed by atoms with Gasteiger partial charge in [0.05, 0.1) is 35.9 Å². The van der Waals surface area contributed by atoms with Gasteiger partial charge in [0.1, 0.15) is 16.5 Å². The van der Waals surface area contributed by atoms with Crippen molar-refractivity contribution in [1.82, 2.24) is 4.98 Å². The molecule has 9 heteroatoms. The van der Waals surface area contributed by atoms with E-state index in [1.54, 1.807) is 44.3 Å². The maximum Gasteiger partial charge on any atom is 0.307 e. The molecule has 0 bridgehead atoms. The average Bonchev–Trinajstić information content (AvgIpc) is 3.07. The highest BCUT2D eigenvalue weighted by atomic mass is 35.5. The lowest BCUT2D eigenvalue weighted by atomic mass is 9.84. The number of nitrogens with one attached hydrogen (secondary N) is 1. The minimum Gasteiger partial charge on any atom is -0.466 e. The fraction of sp³-hybridized carbons (Fsp3) is 0.350. The number of esters is 1. The van der Waals surface area contributed by atoms with Crippen molar-refractivity contribution in [2.45, 2.75) is 25.1 Å². The molecule has 0 saturated heterocycles. The number of carbonyl (C=O) groups is 2. The first kappa shape index (κ1) is 21.2. The van der Waals surface area contributed by atoms with E-state index in [4.69, 9.17) is 27.9 Å². The molecule has 0 fully saturated rings.